The number of rotatable bonds is 2. The second kappa shape index (κ2) is 4.35. The highest BCUT2D eigenvalue weighted by molar-refractivity contribution is 6.31. The van der Waals surface area contributed by atoms with Crippen LogP contribution in [0.25, 0.3) is 0 Å². The summed E-state index contributed by atoms with van der Waals surface area (Å²) in [7, 11) is 1.50. The van der Waals surface area contributed by atoms with E-state index in [9.17, 15) is 9.18 Å². The Bertz CT molecular complexity index is 319. The molecule has 0 atom stereocenters. The lowest BCUT2D eigenvalue weighted by molar-refractivity contribution is -0.109. The fourth-order valence-corrected chi connectivity index (χ4v) is 0.825. The third-order valence-corrected chi connectivity index (χ3v) is 1.36. The molecule has 0 saturated carbocycles. The molecule has 1 N–H and O–H groups in total. The summed E-state index contributed by atoms with van der Waals surface area (Å²) in [5.41, 5.74) is 0.548. The third kappa shape index (κ3) is 3.02. The van der Waals surface area contributed by atoms with E-state index in [2.05, 4.69) is 10.3 Å². The van der Waals surface area contributed by atoms with Crippen molar-refractivity contribution in [3.05, 3.63) is 30.1 Å². The molecule has 0 aliphatic heterocycles. The van der Waals surface area contributed by atoms with Gasteiger partial charge in [-0.3, -0.25) is 9.79 Å². The molecule has 1 aromatic carbocycles. The molecule has 1 aromatic rings. The van der Waals surface area contributed by atoms with Crippen molar-refractivity contribution in [1.82, 2.24) is 0 Å². The van der Waals surface area contributed by atoms with Crippen LogP contribution < -0.4 is 5.32 Å². The predicted octanol–water partition coefficient (Wildman–Crippen LogP) is 1.46. The van der Waals surface area contributed by atoms with Crippen molar-refractivity contribution in [2.75, 3.05) is 12.4 Å². The number of nitrogens with zero attached hydrogens (tertiary/aromatic N) is 1. The highest BCUT2D eigenvalue weighted by Gasteiger charge is 1.97. The van der Waals surface area contributed by atoms with Crippen LogP contribution in [0.2, 0.25) is 0 Å². The maximum absolute atomic E-state index is 12.4. The van der Waals surface area contributed by atoms with Gasteiger partial charge in [0, 0.05) is 12.7 Å². The molecule has 0 aliphatic carbocycles. The number of benzene rings is 1. The van der Waals surface area contributed by atoms with E-state index in [4.69, 9.17) is 0 Å². The molecule has 0 heterocycles. The van der Waals surface area contributed by atoms with Crippen LogP contribution in [0.5, 0.6) is 0 Å². The molecular formula is C9H9FN2O. The van der Waals surface area contributed by atoms with Crippen LogP contribution in [0, 0.1) is 5.82 Å². The Morgan fingerprint density at radius 1 is 1.46 bits per heavy atom. The summed E-state index contributed by atoms with van der Waals surface area (Å²) in [5, 5.41) is 2.52. The van der Waals surface area contributed by atoms with Gasteiger partial charge in [0.1, 0.15) is 5.82 Å². The van der Waals surface area contributed by atoms with Gasteiger partial charge < -0.3 is 5.32 Å². The first-order valence-electron chi connectivity index (χ1n) is 3.71. The zero-order valence-electron chi connectivity index (χ0n) is 7.12. The van der Waals surface area contributed by atoms with Crippen LogP contribution in [-0.2, 0) is 4.79 Å². The normalized spacial score (nSPS) is 10.3. The Morgan fingerprint density at radius 2 is 2.08 bits per heavy atom. The first-order chi connectivity index (χ1) is 6.22. The lowest BCUT2D eigenvalue weighted by Gasteiger charge is -1.99. The number of hydrogen-bond acceptors (Lipinski definition) is 2. The Kier molecular flexibility index (Phi) is 3.14. The van der Waals surface area contributed by atoms with Crippen LogP contribution in [-0.4, -0.2) is 19.2 Å². The fraction of sp³-hybridized carbons (Fsp3) is 0.111. The van der Waals surface area contributed by atoms with Gasteiger partial charge in [0.25, 0.3) is 5.91 Å². The maximum atomic E-state index is 12.4. The van der Waals surface area contributed by atoms with E-state index in [1.54, 1.807) is 0 Å². The van der Waals surface area contributed by atoms with Gasteiger partial charge in [-0.15, -0.1) is 0 Å². The molecule has 3 nitrogen and oxygen atoms in total. The number of amides is 1. The summed E-state index contributed by atoms with van der Waals surface area (Å²) in [6.07, 6.45) is 1.16. The Hall–Kier alpha value is -1.71. The highest BCUT2D eigenvalue weighted by Crippen LogP contribution is 2.07. The monoisotopic (exact) mass is 180 g/mol. The Labute approximate surface area is 75.3 Å². The van der Waals surface area contributed by atoms with Crippen molar-refractivity contribution >= 4 is 17.8 Å². The minimum Gasteiger partial charge on any atom is -0.321 e. The minimum absolute atomic E-state index is 0.325. The molecule has 1 rings (SSSR count). The van der Waals surface area contributed by atoms with Crippen molar-refractivity contribution in [2.24, 2.45) is 4.99 Å². The second-order valence-electron chi connectivity index (χ2n) is 2.38. The minimum atomic E-state index is -0.331. The lowest BCUT2D eigenvalue weighted by atomic mass is 10.3. The Balaban J connectivity index is 2.64. The summed E-state index contributed by atoms with van der Waals surface area (Å²) >= 11 is 0. The first-order valence-corrected chi connectivity index (χ1v) is 3.71. The molecule has 0 spiro atoms. The van der Waals surface area contributed by atoms with Gasteiger partial charge in [0.2, 0.25) is 0 Å². The van der Waals surface area contributed by atoms with E-state index >= 15 is 0 Å². The maximum Gasteiger partial charge on any atom is 0.266 e. The molecule has 0 aliphatic rings. The van der Waals surface area contributed by atoms with Crippen LogP contribution in [0.1, 0.15) is 0 Å². The van der Waals surface area contributed by atoms with E-state index in [0.29, 0.717) is 5.69 Å². The average Bonchev–Trinajstić information content (AvgIpc) is 2.09. The first kappa shape index (κ1) is 9.38. The molecule has 0 radical (unpaired) electrons. The summed E-state index contributed by atoms with van der Waals surface area (Å²) in [6, 6.07) is 5.52. The van der Waals surface area contributed by atoms with Gasteiger partial charge in [-0.2, -0.15) is 0 Å². The topological polar surface area (TPSA) is 41.5 Å². The van der Waals surface area contributed by atoms with E-state index < -0.39 is 0 Å². The van der Waals surface area contributed by atoms with E-state index in [1.807, 2.05) is 0 Å². The number of nitrogens with one attached hydrogen (secondary N) is 1. The van der Waals surface area contributed by atoms with Crippen molar-refractivity contribution in [3.63, 3.8) is 0 Å². The molecule has 0 fully saturated rings. The summed E-state index contributed by atoms with van der Waals surface area (Å²) in [6.45, 7) is 0. The molecular weight excluding hydrogens is 171 g/mol. The summed E-state index contributed by atoms with van der Waals surface area (Å²) in [5.74, 6) is -0.656. The number of anilines is 1. The number of carbonyl (C=O) groups excluding carboxylic acids is 1. The smallest absolute Gasteiger partial charge is 0.266 e. The Morgan fingerprint density at radius 3 is 2.62 bits per heavy atom. The van der Waals surface area contributed by atoms with Crippen molar-refractivity contribution in [2.45, 2.75) is 0 Å². The fourth-order valence-electron chi connectivity index (χ4n) is 0.825. The van der Waals surface area contributed by atoms with E-state index in [1.165, 1.54) is 31.3 Å². The predicted molar refractivity (Wildman–Crippen MR) is 49.4 cm³/mol. The van der Waals surface area contributed by atoms with Crippen LogP contribution in [0.4, 0.5) is 10.1 Å². The SMILES string of the molecule is CN=CC(=O)Nc1ccc(F)cc1. The van der Waals surface area contributed by atoms with Crippen LogP contribution in [0.3, 0.4) is 0 Å². The number of hydrogen-bond donors (Lipinski definition) is 1. The molecule has 68 valence electrons. The second-order valence-corrected chi connectivity index (χ2v) is 2.38. The van der Waals surface area contributed by atoms with Gasteiger partial charge in [-0.1, -0.05) is 0 Å². The highest BCUT2D eigenvalue weighted by atomic mass is 19.1. The van der Waals surface area contributed by atoms with Gasteiger partial charge in [0.15, 0.2) is 0 Å². The summed E-state index contributed by atoms with van der Waals surface area (Å²) < 4.78 is 12.4. The zero-order chi connectivity index (χ0) is 9.68. The third-order valence-electron chi connectivity index (χ3n) is 1.36. The quantitative estimate of drug-likeness (QED) is 0.688. The van der Waals surface area contributed by atoms with Crippen molar-refractivity contribution < 1.29 is 9.18 Å². The van der Waals surface area contributed by atoms with Crippen LogP contribution in [0.15, 0.2) is 29.3 Å². The molecule has 4 heteroatoms. The average molecular weight is 180 g/mol. The summed E-state index contributed by atoms with van der Waals surface area (Å²) in [4.78, 5) is 14.5. The molecule has 13 heavy (non-hydrogen) atoms. The van der Waals surface area contributed by atoms with E-state index in [0.717, 1.165) is 6.21 Å². The molecule has 0 unspecified atom stereocenters. The molecule has 0 aromatic heterocycles. The standard InChI is InChI=1S/C9H9FN2O/c1-11-6-9(13)12-8-4-2-7(10)3-5-8/h2-6H,1H3,(H,12,13). The van der Waals surface area contributed by atoms with Crippen molar-refractivity contribution in [1.29, 1.82) is 0 Å². The number of aliphatic imine (C=N–C) groups is 1. The van der Waals surface area contributed by atoms with Gasteiger partial charge in [0.05, 0.1) is 6.21 Å². The molecule has 0 bridgehead atoms. The van der Waals surface area contributed by atoms with Crippen LogP contribution >= 0.6 is 0 Å². The molecule has 1 amide bonds. The van der Waals surface area contributed by atoms with Crippen molar-refractivity contribution in [3.8, 4) is 0 Å². The lowest BCUT2D eigenvalue weighted by Crippen LogP contribution is -2.12. The van der Waals surface area contributed by atoms with Gasteiger partial charge in [-0.25, -0.2) is 4.39 Å². The molecule has 0 saturated heterocycles. The number of carbonyl (C=O) groups is 1. The van der Waals surface area contributed by atoms with E-state index in [-0.39, 0.29) is 11.7 Å². The number of halogens is 1. The van der Waals surface area contributed by atoms with Gasteiger partial charge >= 0.3 is 0 Å². The largest absolute Gasteiger partial charge is 0.321 e. The van der Waals surface area contributed by atoms with Gasteiger partial charge in [-0.05, 0) is 24.3 Å². The zero-order valence-corrected chi connectivity index (χ0v) is 7.12.